The molecule has 2 aliphatic heterocycles. The highest BCUT2D eigenvalue weighted by molar-refractivity contribution is 5.95. The van der Waals surface area contributed by atoms with E-state index in [4.69, 9.17) is 0 Å². The molecule has 1 aromatic carbocycles. The van der Waals surface area contributed by atoms with Gasteiger partial charge in [0, 0.05) is 31.0 Å². The van der Waals surface area contributed by atoms with Crippen LogP contribution in [0.25, 0.3) is 0 Å². The molecule has 2 aliphatic rings. The van der Waals surface area contributed by atoms with Crippen LogP contribution in [0, 0.1) is 6.92 Å². The summed E-state index contributed by atoms with van der Waals surface area (Å²) in [6, 6.07) is 10.3. The molecule has 2 atom stereocenters. The molecule has 1 amide bonds. The molecule has 2 fully saturated rings. The lowest BCUT2D eigenvalue weighted by molar-refractivity contribution is 0.0737. The van der Waals surface area contributed by atoms with Crippen LogP contribution in [0.15, 0.2) is 42.7 Å². The topological polar surface area (TPSA) is 49.3 Å². The van der Waals surface area contributed by atoms with E-state index in [1.54, 1.807) is 12.4 Å². The molecule has 0 unspecified atom stereocenters. The van der Waals surface area contributed by atoms with Crippen molar-refractivity contribution in [2.45, 2.75) is 31.8 Å². The molecular formula is C18H20N4O. The van der Waals surface area contributed by atoms with Gasteiger partial charge in [0.05, 0.1) is 12.1 Å². The molecule has 2 saturated heterocycles. The van der Waals surface area contributed by atoms with Crippen molar-refractivity contribution in [3.05, 3.63) is 53.9 Å². The number of aromatic nitrogens is 2. The van der Waals surface area contributed by atoms with Gasteiger partial charge in [-0.2, -0.15) is 0 Å². The van der Waals surface area contributed by atoms with Crippen molar-refractivity contribution in [2.75, 3.05) is 18.0 Å². The summed E-state index contributed by atoms with van der Waals surface area (Å²) in [5.41, 5.74) is 1.91. The summed E-state index contributed by atoms with van der Waals surface area (Å²) in [4.78, 5) is 25.9. The third-order valence-corrected chi connectivity index (χ3v) is 4.91. The maximum Gasteiger partial charge on any atom is 0.254 e. The first-order valence-electron chi connectivity index (χ1n) is 8.15. The molecule has 4 rings (SSSR count). The Balaban J connectivity index is 1.55. The number of benzene rings is 1. The van der Waals surface area contributed by atoms with Gasteiger partial charge in [-0.15, -0.1) is 0 Å². The number of aryl methyl sites for hydroxylation is 1. The largest absolute Gasteiger partial charge is 0.336 e. The minimum Gasteiger partial charge on any atom is -0.336 e. The van der Waals surface area contributed by atoms with Crippen LogP contribution < -0.4 is 4.90 Å². The van der Waals surface area contributed by atoms with E-state index >= 15 is 0 Å². The lowest BCUT2D eigenvalue weighted by Gasteiger charge is -2.25. The number of likely N-dealkylation sites (tertiary alicyclic amines) is 1. The van der Waals surface area contributed by atoms with Gasteiger partial charge in [0.2, 0.25) is 5.95 Å². The number of rotatable bonds is 2. The molecule has 0 radical (unpaired) electrons. The Bertz CT molecular complexity index is 718. The van der Waals surface area contributed by atoms with E-state index in [1.165, 1.54) is 0 Å². The molecular weight excluding hydrogens is 288 g/mol. The highest BCUT2D eigenvalue weighted by Gasteiger charge is 2.45. The lowest BCUT2D eigenvalue weighted by Crippen LogP contribution is -2.40. The first-order chi connectivity index (χ1) is 11.2. The van der Waals surface area contributed by atoms with E-state index < -0.39 is 0 Å². The molecule has 3 heterocycles. The second-order valence-electron chi connectivity index (χ2n) is 6.32. The van der Waals surface area contributed by atoms with Gasteiger partial charge in [-0.05, 0) is 38.0 Å². The molecule has 0 bridgehead atoms. The second kappa shape index (κ2) is 5.65. The van der Waals surface area contributed by atoms with Gasteiger partial charge < -0.3 is 9.80 Å². The SMILES string of the molecule is Cc1cccc(C(=O)N2CC[C@H]3[C@H]2CCN3c2ncccn2)c1. The summed E-state index contributed by atoms with van der Waals surface area (Å²) in [5, 5.41) is 0. The third kappa shape index (κ3) is 2.46. The van der Waals surface area contributed by atoms with Gasteiger partial charge in [0.1, 0.15) is 0 Å². The van der Waals surface area contributed by atoms with Gasteiger partial charge in [-0.1, -0.05) is 17.7 Å². The normalized spacial score (nSPS) is 23.2. The van der Waals surface area contributed by atoms with E-state index in [2.05, 4.69) is 14.9 Å². The van der Waals surface area contributed by atoms with E-state index in [0.717, 1.165) is 43.0 Å². The quantitative estimate of drug-likeness (QED) is 0.854. The predicted octanol–water partition coefficient (Wildman–Crippen LogP) is 2.28. The number of hydrogen-bond donors (Lipinski definition) is 0. The van der Waals surface area contributed by atoms with E-state index in [9.17, 15) is 4.79 Å². The van der Waals surface area contributed by atoms with Crippen LogP contribution in [0.4, 0.5) is 5.95 Å². The summed E-state index contributed by atoms with van der Waals surface area (Å²) in [6.45, 7) is 3.75. The van der Waals surface area contributed by atoms with Gasteiger partial charge in [-0.3, -0.25) is 4.79 Å². The summed E-state index contributed by atoms with van der Waals surface area (Å²) in [5.74, 6) is 0.932. The van der Waals surface area contributed by atoms with Crippen LogP contribution >= 0.6 is 0 Å². The summed E-state index contributed by atoms with van der Waals surface area (Å²) >= 11 is 0. The average Bonchev–Trinajstić information content (AvgIpc) is 3.16. The first kappa shape index (κ1) is 14.2. The molecule has 5 nitrogen and oxygen atoms in total. The maximum absolute atomic E-state index is 12.9. The zero-order valence-electron chi connectivity index (χ0n) is 13.2. The highest BCUT2D eigenvalue weighted by atomic mass is 16.2. The number of anilines is 1. The Morgan fingerprint density at radius 3 is 2.65 bits per heavy atom. The van der Waals surface area contributed by atoms with Crippen molar-refractivity contribution in [3.8, 4) is 0 Å². The van der Waals surface area contributed by atoms with E-state index in [-0.39, 0.29) is 11.9 Å². The molecule has 118 valence electrons. The van der Waals surface area contributed by atoms with Gasteiger partial charge in [0.15, 0.2) is 0 Å². The Morgan fingerprint density at radius 2 is 1.87 bits per heavy atom. The average molecular weight is 308 g/mol. The van der Waals surface area contributed by atoms with Crippen molar-refractivity contribution in [1.29, 1.82) is 0 Å². The van der Waals surface area contributed by atoms with Crippen LogP contribution in [0.2, 0.25) is 0 Å². The number of carbonyl (C=O) groups is 1. The van der Waals surface area contributed by atoms with Gasteiger partial charge >= 0.3 is 0 Å². The Morgan fingerprint density at radius 1 is 1.09 bits per heavy atom. The molecule has 5 heteroatoms. The van der Waals surface area contributed by atoms with Gasteiger partial charge in [0.25, 0.3) is 5.91 Å². The molecule has 2 aromatic rings. The Kier molecular flexibility index (Phi) is 3.48. The monoisotopic (exact) mass is 308 g/mol. The number of nitrogens with zero attached hydrogens (tertiary/aromatic N) is 4. The fraction of sp³-hybridized carbons (Fsp3) is 0.389. The maximum atomic E-state index is 12.9. The number of amides is 1. The van der Waals surface area contributed by atoms with Crippen molar-refractivity contribution in [3.63, 3.8) is 0 Å². The molecule has 1 aromatic heterocycles. The van der Waals surface area contributed by atoms with Crippen molar-refractivity contribution >= 4 is 11.9 Å². The highest BCUT2D eigenvalue weighted by Crippen LogP contribution is 2.34. The van der Waals surface area contributed by atoms with E-state index in [1.807, 2.05) is 42.2 Å². The van der Waals surface area contributed by atoms with E-state index in [0.29, 0.717) is 6.04 Å². The summed E-state index contributed by atoms with van der Waals surface area (Å²) in [7, 11) is 0. The third-order valence-electron chi connectivity index (χ3n) is 4.91. The molecule has 0 spiro atoms. The zero-order chi connectivity index (χ0) is 15.8. The predicted molar refractivity (Wildman–Crippen MR) is 88.4 cm³/mol. The Labute approximate surface area is 136 Å². The molecule has 0 saturated carbocycles. The van der Waals surface area contributed by atoms with Crippen molar-refractivity contribution in [1.82, 2.24) is 14.9 Å². The lowest BCUT2D eigenvalue weighted by atomic mass is 10.1. The fourth-order valence-corrected chi connectivity index (χ4v) is 3.87. The molecule has 0 N–H and O–H groups in total. The smallest absolute Gasteiger partial charge is 0.254 e. The Hall–Kier alpha value is -2.43. The fourth-order valence-electron chi connectivity index (χ4n) is 3.87. The standard InChI is InChI=1S/C18H20N4O/c1-13-4-2-5-14(12-13)17(23)21-10-6-16-15(21)7-11-22(16)18-19-8-3-9-20-18/h2-5,8-9,12,15-16H,6-7,10-11H2,1H3/t15-,16+/m1/s1. The summed E-state index contributed by atoms with van der Waals surface area (Å²) < 4.78 is 0. The number of hydrogen-bond acceptors (Lipinski definition) is 4. The van der Waals surface area contributed by atoms with Crippen LogP contribution in [-0.2, 0) is 0 Å². The van der Waals surface area contributed by atoms with Crippen molar-refractivity contribution in [2.24, 2.45) is 0 Å². The zero-order valence-corrected chi connectivity index (χ0v) is 13.2. The summed E-state index contributed by atoms with van der Waals surface area (Å²) in [6.07, 6.45) is 5.53. The van der Waals surface area contributed by atoms with Crippen LogP contribution in [0.3, 0.4) is 0 Å². The molecule has 23 heavy (non-hydrogen) atoms. The number of fused-ring (bicyclic) bond motifs is 1. The van der Waals surface area contributed by atoms with Crippen LogP contribution in [0.5, 0.6) is 0 Å². The minimum atomic E-state index is 0.150. The minimum absolute atomic E-state index is 0.150. The van der Waals surface area contributed by atoms with Crippen LogP contribution in [0.1, 0.15) is 28.8 Å². The molecule has 0 aliphatic carbocycles. The second-order valence-corrected chi connectivity index (χ2v) is 6.32. The van der Waals surface area contributed by atoms with Crippen LogP contribution in [-0.4, -0.2) is 45.9 Å². The van der Waals surface area contributed by atoms with Gasteiger partial charge in [-0.25, -0.2) is 9.97 Å². The van der Waals surface area contributed by atoms with Crippen molar-refractivity contribution < 1.29 is 4.79 Å². The number of carbonyl (C=O) groups excluding carboxylic acids is 1. The first-order valence-corrected chi connectivity index (χ1v) is 8.15.